The van der Waals surface area contributed by atoms with Crippen molar-refractivity contribution in [2.45, 2.75) is 44.6 Å². The van der Waals surface area contributed by atoms with E-state index in [0.29, 0.717) is 17.3 Å². The smallest absolute Gasteiger partial charge is 0.370 e. The minimum atomic E-state index is -1.07. The number of thioether (sulfide) groups is 1. The third-order valence-corrected chi connectivity index (χ3v) is 4.30. The number of benzene rings is 1. The first-order valence-electron chi connectivity index (χ1n) is 8.76. The van der Waals surface area contributed by atoms with Gasteiger partial charge in [0.25, 0.3) is 0 Å². The molecule has 0 saturated carbocycles. The molecule has 0 radical (unpaired) electrons. The van der Waals surface area contributed by atoms with Gasteiger partial charge in [-0.05, 0) is 51.6 Å². The minimum absolute atomic E-state index is 0.118. The van der Waals surface area contributed by atoms with Gasteiger partial charge in [0, 0.05) is 5.75 Å². The van der Waals surface area contributed by atoms with E-state index >= 15 is 0 Å². The number of thiol groups is 1. The van der Waals surface area contributed by atoms with Gasteiger partial charge in [0.1, 0.15) is 6.04 Å². The van der Waals surface area contributed by atoms with E-state index in [-0.39, 0.29) is 11.9 Å². The second-order valence-corrected chi connectivity index (χ2v) is 8.77. The number of carbonyl (C=O) groups excluding carboxylic acids is 4. The molecule has 0 unspecified atom stereocenters. The zero-order valence-electron chi connectivity index (χ0n) is 16.7. The van der Waals surface area contributed by atoms with E-state index in [4.69, 9.17) is 14.2 Å². The van der Waals surface area contributed by atoms with Gasteiger partial charge in [-0.3, -0.25) is 4.79 Å². The predicted octanol–water partition coefficient (Wildman–Crippen LogP) is 2.82. The third kappa shape index (κ3) is 9.71. The van der Waals surface area contributed by atoms with Gasteiger partial charge in [0.2, 0.25) is 12.7 Å². The molecule has 1 N–H and O–H groups in total. The fraction of sp³-hybridized carbons (Fsp3) is 0.474. The SMILES string of the molecule is CC(C)OC(=O)[C@H](CSC(=O)OCOC(=O)c1ccccc1)NC(=O)C(C)(C)S. The summed E-state index contributed by atoms with van der Waals surface area (Å²) in [5.41, 5.74) is 0.324. The van der Waals surface area contributed by atoms with Crippen molar-refractivity contribution in [3.8, 4) is 0 Å². The van der Waals surface area contributed by atoms with Gasteiger partial charge < -0.3 is 19.5 Å². The molecule has 1 rings (SSSR count). The third-order valence-electron chi connectivity index (χ3n) is 3.24. The largest absolute Gasteiger partial charge is 0.461 e. The average molecular weight is 444 g/mol. The maximum atomic E-state index is 12.2. The highest BCUT2D eigenvalue weighted by molar-refractivity contribution is 8.13. The van der Waals surface area contributed by atoms with E-state index in [2.05, 4.69) is 17.9 Å². The number of rotatable bonds is 9. The molecule has 0 aromatic heterocycles. The lowest BCUT2D eigenvalue weighted by atomic mass is 10.2. The van der Waals surface area contributed by atoms with E-state index in [0.717, 1.165) is 0 Å². The van der Waals surface area contributed by atoms with Gasteiger partial charge in [-0.1, -0.05) is 18.2 Å². The molecule has 0 spiro atoms. The molecule has 0 saturated heterocycles. The van der Waals surface area contributed by atoms with E-state index in [1.165, 1.54) is 0 Å². The summed E-state index contributed by atoms with van der Waals surface area (Å²) >= 11 is 4.80. The molecule has 0 fully saturated rings. The highest BCUT2D eigenvalue weighted by atomic mass is 32.2. The Morgan fingerprint density at radius 1 is 1.10 bits per heavy atom. The molecule has 0 bridgehead atoms. The second-order valence-electron chi connectivity index (χ2n) is 6.69. The lowest BCUT2D eigenvalue weighted by Gasteiger charge is -2.23. The minimum Gasteiger partial charge on any atom is -0.461 e. The van der Waals surface area contributed by atoms with E-state index in [1.54, 1.807) is 58.0 Å². The van der Waals surface area contributed by atoms with Gasteiger partial charge in [0.15, 0.2) is 0 Å². The number of hydrogen-bond acceptors (Lipinski definition) is 9. The van der Waals surface area contributed by atoms with Crippen molar-refractivity contribution in [2.75, 3.05) is 12.5 Å². The van der Waals surface area contributed by atoms with Crippen molar-refractivity contribution in [2.24, 2.45) is 0 Å². The molecule has 29 heavy (non-hydrogen) atoms. The molecule has 10 heteroatoms. The highest BCUT2D eigenvalue weighted by Crippen LogP contribution is 2.15. The highest BCUT2D eigenvalue weighted by Gasteiger charge is 2.30. The first-order valence-corrected chi connectivity index (χ1v) is 10.2. The van der Waals surface area contributed by atoms with Crippen LogP contribution in [0.15, 0.2) is 30.3 Å². The molecule has 160 valence electrons. The van der Waals surface area contributed by atoms with Crippen LogP contribution in [0.4, 0.5) is 4.79 Å². The van der Waals surface area contributed by atoms with Gasteiger partial charge in [-0.2, -0.15) is 12.6 Å². The Labute approximate surface area is 179 Å². The van der Waals surface area contributed by atoms with Crippen molar-refractivity contribution < 1.29 is 33.4 Å². The van der Waals surface area contributed by atoms with Gasteiger partial charge >= 0.3 is 17.2 Å². The Morgan fingerprint density at radius 3 is 2.28 bits per heavy atom. The topological polar surface area (TPSA) is 108 Å². The summed E-state index contributed by atoms with van der Waals surface area (Å²) in [6, 6.07) is 7.16. The van der Waals surface area contributed by atoms with Crippen LogP contribution in [-0.2, 0) is 23.8 Å². The van der Waals surface area contributed by atoms with Gasteiger partial charge in [-0.25, -0.2) is 14.4 Å². The number of amides is 1. The number of nitrogens with one attached hydrogen (secondary N) is 1. The van der Waals surface area contributed by atoms with Crippen molar-refractivity contribution in [3.63, 3.8) is 0 Å². The molecule has 1 aromatic carbocycles. The quantitative estimate of drug-likeness (QED) is 0.341. The molecule has 0 aliphatic rings. The summed E-state index contributed by atoms with van der Waals surface area (Å²) in [6.45, 7) is 5.90. The Morgan fingerprint density at radius 2 is 1.72 bits per heavy atom. The van der Waals surface area contributed by atoms with E-state index in [9.17, 15) is 19.2 Å². The number of hydrogen-bond donors (Lipinski definition) is 2. The number of esters is 2. The standard InChI is InChI=1S/C19H25NO7S2/c1-12(2)27-16(22)14(20-17(23)19(3,4)28)10-29-18(24)26-11-25-15(21)13-8-6-5-7-9-13/h5-9,12,14,28H,10-11H2,1-4H3,(H,20,23)/t14-/m0/s1. The predicted molar refractivity (Wildman–Crippen MR) is 112 cm³/mol. The van der Waals surface area contributed by atoms with Crippen LogP contribution in [0.5, 0.6) is 0 Å². The van der Waals surface area contributed by atoms with Gasteiger partial charge in [-0.15, -0.1) is 0 Å². The van der Waals surface area contributed by atoms with Crippen molar-refractivity contribution >= 4 is 47.5 Å². The van der Waals surface area contributed by atoms with Crippen LogP contribution in [-0.4, -0.2) is 52.6 Å². The van der Waals surface area contributed by atoms with Crippen LogP contribution in [0.2, 0.25) is 0 Å². The Bertz CT molecular complexity index is 717. The first kappa shape index (κ1) is 24.8. The fourth-order valence-electron chi connectivity index (χ4n) is 1.80. The zero-order chi connectivity index (χ0) is 22.0. The molecule has 0 aliphatic heterocycles. The first-order chi connectivity index (χ1) is 13.5. The normalized spacial score (nSPS) is 12.1. The van der Waals surface area contributed by atoms with Crippen LogP contribution < -0.4 is 5.32 Å². The van der Waals surface area contributed by atoms with E-state index < -0.39 is 40.7 Å². The molecule has 1 amide bonds. The molecule has 8 nitrogen and oxygen atoms in total. The summed E-state index contributed by atoms with van der Waals surface area (Å²) in [7, 11) is 0. The molecule has 0 aliphatic carbocycles. The monoisotopic (exact) mass is 443 g/mol. The molecule has 0 heterocycles. The summed E-state index contributed by atoms with van der Waals surface area (Å²) in [5, 5.41) is 1.74. The van der Waals surface area contributed by atoms with Crippen LogP contribution in [0.3, 0.4) is 0 Å². The molecule has 1 aromatic rings. The maximum Gasteiger partial charge on any atom is 0.370 e. The summed E-state index contributed by atoms with van der Waals surface area (Å²) in [5.74, 6) is -1.92. The molecular weight excluding hydrogens is 418 g/mol. The number of carbonyl (C=O) groups is 4. The van der Waals surface area contributed by atoms with Crippen LogP contribution in [0.25, 0.3) is 0 Å². The van der Waals surface area contributed by atoms with Crippen LogP contribution in [0.1, 0.15) is 38.1 Å². The van der Waals surface area contributed by atoms with Crippen molar-refractivity contribution in [1.82, 2.24) is 5.32 Å². The van der Waals surface area contributed by atoms with Gasteiger partial charge in [0.05, 0.1) is 16.4 Å². The van der Waals surface area contributed by atoms with Crippen molar-refractivity contribution in [3.05, 3.63) is 35.9 Å². The molecule has 1 atom stereocenters. The van der Waals surface area contributed by atoms with E-state index in [1.807, 2.05) is 0 Å². The lowest BCUT2D eigenvalue weighted by molar-refractivity contribution is -0.150. The van der Waals surface area contributed by atoms with Crippen LogP contribution in [0, 0.1) is 0 Å². The zero-order valence-corrected chi connectivity index (χ0v) is 18.4. The average Bonchev–Trinajstić information content (AvgIpc) is 2.64. The maximum absolute atomic E-state index is 12.2. The summed E-state index contributed by atoms with van der Waals surface area (Å²) in [6.07, 6.45) is -0.389. The Kier molecular flexibility index (Phi) is 10.0. The molecular formula is C19H25NO7S2. The Hall–Kier alpha value is -2.20. The number of ether oxygens (including phenoxy) is 3. The van der Waals surface area contributed by atoms with Crippen LogP contribution >= 0.6 is 24.4 Å². The second kappa shape index (κ2) is 11.7. The fourth-order valence-corrected chi connectivity index (χ4v) is 2.52. The summed E-state index contributed by atoms with van der Waals surface area (Å²) < 4.78 is 13.8. The lowest BCUT2D eigenvalue weighted by Crippen LogP contribution is -2.49. The summed E-state index contributed by atoms with van der Waals surface area (Å²) in [4.78, 5) is 47.9. The van der Waals surface area contributed by atoms with Crippen molar-refractivity contribution in [1.29, 1.82) is 0 Å². The Balaban J connectivity index is 2.52.